The number of anilines is 1. The molecule has 5 rings (SSSR count). The summed E-state index contributed by atoms with van der Waals surface area (Å²) >= 11 is 1.54. The second kappa shape index (κ2) is 7.29. The average molecular weight is 398 g/mol. The number of hydrogen-bond acceptors (Lipinski definition) is 6. The van der Waals surface area contributed by atoms with Gasteiger partial charge in [0.05, 0.1) is 27.2 Å². The Bertz CT molecular complexity index is 1310. The van der Waals surface area contributed by atoms with Crippen LogP contribution in [-0.4, -0.2) is 21.0 Å². The molecule has 0 saturated carbocycles. The van der Waals surface area contributed by atoms with E-state index in [1.54, 1.807) is 18.3 Å². The lowest BCUT2D eigenvalue weighted by atomic mass is 10.1. The van der Waals surface area contributed by atoms with E-state index in [0.29, 0.717) is 34.0 Å². The Morgan fingerprint density at radius 1 is 0.966 bits per heavy atom. The Balaban J connectivity index is 1.49. The Hall–Kier alpha value is -3.84. The molecule has 0 aliphatic carbocycles. The van der Waals surface area contributed by atoms with Crippen molar-refractivity contribution in [3.63, 3.8) is 0 Å². The van der Waals surface area contributed by atoms with Crippen molar-refractivity contribution in [1.29, 1.82) is 0 Å². The van der Waals surface area contributed by atoms with Crippen LogP contribution in [0, 0.1) is 0 Å². The molecule has 0 radical (unpaired) electrons. The molecule has 1 amide bonds. The van der Waals surface area contributed by atoms with Crippen LogP contribution >= 0.6 is 11.3 Å². The number of aromatic nitrogens is 3. The number of carbonyl (C=O) groups excluding carboxylic acids is 1. The van der Waals surface area contributed by atoms with E-state index < -0.39 is 0 Å². The summed E-state index contributed by atoms with van der Waals surface area (Å²) in [5, 5.41) is 9.88. The van der Waals surface area contributed by atoms with Crippen molar-refractivity contribution < 1.29 is 9.32 Å². The molecule has 140 valence electrons. The fourth-order valence-corrected chi connectivity index (χ4v) is 3.74. The molecule has 0 unspecified atom stereocenters. The van der Waals surface area contributed by atoms with Crippen LogP contribution in [0.5, 0.6) is 0 Å². The number of pyridine rings is 1. The van der Waals surface area contributed by atoms with E-state index in [9.17, 15) is 4.79 Å². The smallest absolute Gasteiger partial charge is 0.260 e. The first kappa shape index (κ1) is 17.3. The third kappa shape index (κ3) is 3.28. The number of nitrogens with one attached hydrogen (secondary N) is 1. The molecular weight excluding hydrogens is 384 g/mol. The second-order valence-electron chi connectivity index (χ2n) is 6.28. The Kier molecular flexibility index (Phi) is 4.34. The number of para-hydroxylation sites is 2. The minimum Gasteiger partial charge on any atom is -0.334 e. The van der Waals surface area contributed by atoms with Gasteiger partial charge in [0.25, 0.3) is 11.8 Å². The number of thiophene rings is 1. The topological polar surface area (TPSA) is 80.9 Å². The summed E-state index contributed by atoms with van der Waals surface area (Å²) in [5.74, 6) is 0.620. The van der Waals surface area contributed by atoms with Crippen LogP contribution in [0.15, 0.2) is 82.8 Å². The molecule has 3 aromatic heterocycles. The number of nitrogens with zero attached hydrogens (tertiary/aromatic N) is 3. The van der Waals surface area contributed by atoms with Gasteiger partial charge in [-0.25, -0.2) is 0 Å². The van der Waals surface area contributed by atoms with Crippen molar-refractivity contribution in [1.82, 2.24) is 15.1 Å². The first-order chi connectivity index (χ1) is 14.3. The number of amides is 1. The Labute approximate surface area is 169 Å². The maximum absolute atomic E-state index is 13.0. The van der Waals surface area contributed by atoms with Gasteiger partial charge < -0.3 is 9.84 Å². The fourth-order valence-electron chi connectivity index (χ4n) is 3.09. The van der Waals surface area contributed by atoms with Crippen molar-refractivity contribution >= 4 is 33.8 Å². The predicted molar refractivity (Wildman–Crippen MR) is 113 cm³/mol. The zero-order chi connectivity index (χ0) is 19.6. The molecule has 3 heterocycles. The molecule has 0 fully saturated rings. The molecule has 0 aliphatic heterocycles. The molecule has 5 aromatic rings. The third-order valence-corrected chi connectivity index (χ3v) is 5.32. The molecule has 0 atom stereocenters. The van der Waals surface area contributed by atoms with E-state index in [-0.39, 0.29) is 5.91 Å². The highest BCUT2D eigenvalue weighted by molar-refractivity contribution is 7.13. The minimum atomic E-state index is -0.250. The molecule has 1 N–H and O–H groups in total. The van der Waals surface area contributed by atoms with Crippen LogP contribution < -0.4 is 5.32 Å². The first-order valence-corrected chi connectivity index (χ1v) is 9.79. The van der Waals surface area contributed by atoms with Crippen LogP contribution in [0.3, 0.4) is 0 Å². The number of fused-ring (bicyclic) bond motifs is 1. The minimum absolute atomic E-state index is 0.250. The van der Waals surface area contributed by atoms with E-state index in [0.717, 1.165) is 10.3 Å². The number of carbonyl (C=O) groups is 1. The van der Waals surface area contributed by atoms with Crippen molar-refractivity contribution in [2.75, 3.05) is 5.32 Å². The van der Waals surface area contributed by atoms with Gasteiger partial charge in [0.15, 0.2) is 0 Å². The van der Waals surface area contributed by atoms with E-state index in [1.165, 1.54) is 11.3 Å². The van der Waals surface area contributed by atoms with Gasteiger partial charge in [-0.3, -0.25) is 9.78 Å². The third-order valence-electron chi connectivity index (χ3n) is 4.45. The number of rotatable bonds is 4. The lowest BCUT2D eigenvalue weighted by molar-refractivity contribution is 0.102. The summed E-state index contributed by atoms with van der Waals surface area (Å²) < 4.78 is 5.45. The average Bonchev–Trinajstić information content (AvgIpc) is 3.45. The summed E-state index contributed by atoms with van der Waals surface area (Å²) in [6.45, 7) is 0. The van der Waals surface area contributed by atoms with Gasteiger partial charge in [0, 0.05) is 11.6 Å². The van der Waals surface area contributed by atoms with Gasteiger partial charge in [-0.15, -0.1) is 11.3 Å². The van der Waals surface area contributed by atoms with E-state index in [1.807, 2.05) is 60.0 Å². The highest BCUT2D eigenvalue weighted by Crippen LogP contribution is 2.30. The SMILES string of the molecule is O=C(Nc1ccccc1-c1nc(-c2cccs2)no1)c1cccc2cccnc12. The van der Waals surface area contributed by atoms with Gasteiger partial charge >= 0.3 is 0 Å². The van der Waals surface area contributed by atoms with Gasteiger partial charge in [-0.2, -0.15) is 4.98 Å². The highest BCUT2D eigenvalue weighted by Gasteiger charge is 2.17. The van der Waals surface area contributed by atoms with Crippen LogP contribution in [0.4, 0.5) is 5.69 Å². The van der Waals surface area contributed by atoms with Crippen molar-refractivity contribution in [2.24, 2.45) is 0 Å². The second-order valence-corrected chi connectivity index (χ2v) is 7.23. The van der Waals surface area contributed by atoms with Crippen LogP contribution in [0.2, 0.25) is 0 Å². The largest absolute Gasteiger partial charge is 0.334 e. The summed E-state index contributed by atoms with van der Waals surface area (Å²) in [6.07, 6.45) is 1.68. The Morgan fingerprint density at radius 2 is 1.86 bits per heavy atom. The van der Waals surface area contributed by atoms with Crippen molar-refractivity contribution in [3.8, 4) is 22.2 Å². The van der Waals surface area contributed by atoms with E-state index >= 15 is 0 Å². The summed E-state index contributed by atoms with van der Waals surface area (Å²) in [4.78, 5) is 22.7. The molecule has 7 heteroatoms. The molecule has 0 saturated heterocycles. The lowest BCUT2D eigenvalue weighted by Gasteiger charge is -2.10. The van der Waals surface area contributed by atoms with Gasteiger partial charge in [0.2, 0.25) is 5.82 Å². The molecule has 2 aromatic carbocycles. The van der Waals surface area contributed by atoms with Crippen molar-refractivity contribution in [3.05, 3.63) is 83.9 Å². The molecule has 6 nitrogen and oxygen atoms in total. The quantitative estimate of drug-likeness (QED) is 0.446. The van der Waals surface area contributed by atoms with Crippen LogP contribution in [-0.2, 0) is 0 Å². The maximum atomic E-state index is 13.0. The predicted octanol–water partition coefficient (Wildman–Crippen LogP) is 5.27. The lowest BCUT2D eigenvalue weighted by Crippen LogP contribution is -2.13. The fraction of sp³-hybridized carbons (Fsp3) is 0. The summed E-state index contributed by atoms with van der Waals surface area (Å²) in [5.41, 5.74) is 2.40. The summed E-state index contributed by atoms with van der Waals surface area (Å²) in [6, 6.07) is 20.5. The van der Waals surface area contributed by atoms with Crippen LogP contribution in [0.25, 0.3) is 33.1 Å². The number of hydrogen-bond donors (Lipinski definition) is 1. The molecule has 0 spiro atoms. The molecular formula is C22H14N4O2S. The normalized spacial score (nSPS) is 10.9. The van der Waals surface area contributed by atoms with Gasteiger partial charge in [-0.1, -0.05) is 41.6 Å². The van der Waals surface area contributed by atoms with E-state index in [2.05, 4.69) is 20.4 Å². The zero-order valence-corrected chi connectivity index (χ0v) is 15.9. The maximum Gasteiger partial charge on any atom is 0.260 e. The summed E-state index contributed by atoms with van der Waals surface area (Å²) in [7, 11) is 0. The first-order valence-electron chi connectivity index (χ1n) is 8.92. The molecule has 29 heavy (non-hydrogen) atoms. The molecule has 0 aliphatic rings. The zero-order valence-electron chi connectivity index (χ0n) is 15.1. The standard InChI is InChI=1S/C22H14N4O2S/c27-21(16-9-3-6-14-7-4-12-23-19(14)16)24-17-10-2-1-8-15(17)22-25-20(26-28-22)18-11-5-13-29-18/h1-13H,(H,24,27). The van der Waals surface area contributed by atoms with Gasteiger partial charge in [-0.05, 0) is 35.7 Å². The number of benzene rings is 2. The van der Waals surface area contributed by atoms with Crippen LogP contribution in [0.1, 0.15) is 10.4 Å². The van der Waals surface area contributed by atoms with Crippen molar-refractivity contribution in [2.45, 2.75) is 0 Å². The highest BCUT2D eigenvalue weighted by atomic mass is 32.1. The van der Waals surface area contributed by atoms with E-state index in [4.69, 9.17) is 4.52 Å². The Morgan fingerprint density at radius 3 is 2.76 bits per heavy atom. The molecule has 0 bridgehead atoms. The van der Waals surface area contributed by atoms with Gasteiger partial charge in [0.1, 0.15) is 0 Å². The monoisotopic (exact) mass is 398 g/mol.